The molecule has 0 spiro atoms. The topological polar surface area (TPSA) is 57.5 Å². The average molecular weight is 220 g/mol. The van der Waals surface area contributed by atoms with Crippen molar-refractivity contribution in [3.05, 3.63) is 34.5 Å². The molecule has 1 aliphatic heterocycles. The Morgan fingerprint density at radius 1 is 1.44 bits per heavy atom. The molecule has 1 aliphatic rings. The van der Waals surface area contributed by atoms with Gasteiger partial charge in [0.05, 0.1) is 7.11 Å². The van der Waals surface area contributed by atoms with Gasteiger partial charge < -0.3 is 4.74 Å². The van der Waals surface area contributed by atoms with Gasteiger partial charge in [0.15, 0.2) is 0 Å². The number of fused-ring (bicyclic) bond motifs is 1. The summed E-state index contributed by atoms with van der Waals surface area (Å²) in [5, 5.41) is 4.26. The number of esters is 1. The molecule has 81 valence electrons. The van der Waals surface area contributed by atoms with Crippen LogP contribution < -0.4 is 15.8 Å². The summed E-state index contributed by atoms with van der Waals surface area (Å²) >= 11 is 0. The summed E-state index contributed by atoms with van der Waals surface area (Å²) in [6.07, 6.45) is 1.30. The minimum Gasteiger partial charge on any atom is -0.465 e. The molecular weight excluding hydrogens is 213 g/mol. The molecule has 5 heteroatoms. The van der Waals surface area contributed by atoms with Gasteiger partial charge in [-0.25, -0.2) is 14.5 Å². The average Bonchev–Trinajstić information content (AvgIpc) is 2.28. The van der Waals surface area contributed by atoms with E-state index in [-0.39, 0.29) is 10.8 Å². The summed E-state index contributed by atoms with van der Waals surface area (Å²) in [4.78, 5) is 22.8. The highest BCUT2D eigenvalue weighted by Gasteiger charge is 2.23. The van der Waals surface area contributed by atoms with Gasteiger partial charge in [-0.15, -0.1) is 0 Å². The maximum atomic E-state index is 13.0. The Hall–Kier alpha value is -2.17. The molecule has 0 atom stereocenters. The molecule has 1 heterocycles. The van der Waals surface area contributed by atoms with Crippen molar-refractivity contribution in [2.45, 2.75) is 0 Å². The molecule has 0 saturated carbocycles. The van der Waals surface area contributed by atoms with Crippen LogP contribution in [0.1, 0.15) is 0 Å². The summed E-state index contributed by atoms with van der Waals surface area (Å²) in [6, 6.07) is 3.80. The lowest BCUT2D eigenvalue weighted by molar-refractivity contribution is -0.135. The molecule has 0 saturated heterocycles. The zero-order chi connectivity index (χ0) is 11.7. The molecule has 0 aliphatic carbocycles. The highest BCUT2D eigenvalue weighted by atomic mass is 19.1. The number of methoxy groups -OCH3 is 1. The lowest BCUT2D eigenvalue weighted by Crippen LogP contribution is -2.40. The monoisotopic (exact) mass is 220 g/mol. The van der Waals surface area contributed by atoms with E-state index in [0.29, 0.717) is 5.22 Å². The van der Waals surface area contributed by atoms with Gasteiger partial charge in [-0.3, -0.25) is 4.79 Å². The minimum atomic E-state index is -0.811. The molecule has 0 unspecified atom stereocenters. The summed E-state index contributed by atoms with van der Waals surface area (Å²) in [5.74, 6) is -2.05. The first-order valence-electron chi connectivity index (χ1n) is 4.47. The Kier molecular flexibility index (Phi) is 2.44. The van der Waals surface area contributed by atoms with E-state index >= 15 is 0 Å². The number of carbonyl (C=O) groups is 2. The molecule has 1 amide bonds. The maximum Gasteiger partial charge on any atom is 0.344 e. The molecule has 0 N–H and O–H groups in total. The molecule has 1 aromatic carbocycles. The van der Waals surface area contributed by atoms with Gasteiger partial charge in [0.1, 0.15) is 11.4 Å². The Bertz CT molecular complexity index is 592. The smallest absolute Gasteiger partial charge is 0.344 e. The van der Waals surface area contributed by atoms with E-state index in [0.717, 1.165) is 13.2 Å². The Balaban J connectivity index is 2.85. The second-order valence-electron chi connectivity index (χ2n) is 3.16. The van der Waals surface area contributed by atoms with Crippen LogP contribution in [0.25, 0.3) is 11.8 Å². The van der Waals surface area contributed by atoms with Crippen molar-refractivity contribution in [3.63, 3.8) is 0 Å². The molecule has 1 aromatic rings. The fraction of sp³-hybridized carbons (Fsp3) is 0.0909. The van der Waals surface area contributed by atoms with Crippen molar-refractivity contribution >= 4 is 23.6 Å². The first kappa shape index (κ1) is 10.4. The van der Waals surface area contributed by atoms with Gasteiger partial charge in [-0.05, 0) is 18.2 Å². The van der Waals surface area contributed by atoms with E-state index in [1.54, 1.807) is 0 Å². The number of hydrogen-bond donors (Lipinski definition) is 0. The molecular formula is C11H7FNO3. The maximum absolute atomic E-state index is 13.0. The second kappa shape index (κ2) is 3.77. The molecule has 4 nitrogen and oxygen atoms in total. The van der Waals surface area contributed by atoms with Crippen LogP contribution in [-0.4, -0.2) is 19.0 Å². The Morgan fingerprint density at radius 3 is 2.88 bits per heavy atom. The van der Waals surface area contributed by atoms with Gasteiger partial charge in [-0.2, -0.15) is 0 Å². The van der Waals surface area contributed by atoms with E-state index < -0.39 is 17.7 Å². The summed E-state index contributed by atoms with van der Waals surface area (Å²) in [6.45, 7) is 0. The van der Waals surface area contributed by atoms with Crippen LogP contribution in [0.4, 0.5) is 4.39 Å². The van der Waals surface area contributed by atoms with Crippen LogP contribution in [0.2, 0.25) is 0 Å². The van der Waals surface area contributed by atoms with Gasteiger partial charge in [-0.1, -0.05) is 0 Å². The van der Waals surface area contributed by atoms with E-state index in [2.05, 4.69) is 10.1 Å². The van der Waals surface area contributed by atoms with Crippen molar-refractivity contribution in [3.8, 4) is 0 Å². The standard InChI is InChI=1S/C11H7FNO3/c1-16-11(15)9-8-4-7(12)3-2-6(8)5-13-10(9)14/h2-5H,1H3. The number of ether oxygens (including phenoxy) is 1. The van der Waals surface area contributed by atoms with Gasteiger partial charge in [0, 0.05) is 16.6 Å². The van der Waals surface area contributed by atoms with Crippen LogP contribution in [0.5, 0.6) is 0 Å². The summed E-state index contributed by atoms with van der Waals surface area (Å²) in [5.41, 5.74) is -0.237. The summed E-state index contributed by atoms with van der Waals surface area (Å²) in [7, 11) is 1.15. The van der Waals surface area contributed by atoms with Crippen LogP contribution >= 0.6 is 0 Å². The van der Waals surface area contributed by atoms with Crippen LogP contribution in [0, 0.1) is 5.82 Å². The largest absolute Gasteiger partial charge is 0.465 e. The van der Waals surface area contributed by atoms with Crippen molar-refractivity contribution in [1.82, 2.24) is 5.32 Å². The van der Waals surface area contributed by atoms with Crippen LogP contribution in [-0.2, 0) is 14.3 Å². The molecule has 1 radical (unpaired) electrons. The van der Waals surface area contributed by atoms with E-state index in [4.69, 9.17) is 0 Å². The number of benzene rings is 1. The Labute approximate surface area is 90.0 Å². The normalized spacial score (nSPS) is 13.6. The van der Waals surface area contributed by atoms with E-state index in [9.17, 15) is 14.0 Å². The molecule has 16 heavy (non-hydrogen) atoms. The van der Waals surface area contributed by atoms with Gasteiger partial charge in [0.25, 0.3) is 5.91 Å². The number of nitrogens with zero attached hydrogens (tertiary/aromatic N) is 1. The van der Waals surface area contributed by atoms with Crippen molar-refractivity contribution in [2.24, 2.45) is 0 Å². The van der Waals surface area contributed by atoms with Gasteiger partial charge >= 0.3 is 5.97 Å². The predicted octanol–water partition coefficient (Wildman–Crippen LogP) is -0.968. The third kappa shape index (κ3) is 1.56. The number of rotatable bonds is 1. The fourth-order valence-electron chi connectivity index (χ4n) is 1.46. The van der Waals surface area contributed by atoms with Crippen molar-refractivity contribution in [1.29, 1.82) is 0 Å². The molecule has 0 aromatic heterocycles. The number of carbonyl (C=O) groups excluding carboxylic acids is 2. The third-order valence-electron chi connectivity index (χ3n) is 2.21. The highest BCUT2D eigenvalue weighted by Crippen LogP contribution is 2.00. The van der Waals surface area contributed by atoms with Crippen molar-refractivity contribution < 1.29 is 18.7 Å². The van der Waals surface area contributed by atoms with E-state index in [1.165, 1.54) is 18.3 Å². The summed E-state index contributed by atoms with van der Waals surface area (Å²) < 4.78 is 17.5. The number of halogens is 1. The Morgan fingerprint density at radius 2 is 2.19 bits per heavy atom. The highest BCUT2D eigenvalue weighted by molar-refractivity contribution is 6.39. The van der Waals surface area contributed by atoms with Crippen LogP contribution in [0.15, 0.2) is 18.2 Å². The molecule has 2 rings (SSSR count). The van der Waals surface area contributed by atoms with E-state index in [1.807, 2.05) is 0 Å². The predicted molar refractivity (Wildman–Crippen MR) is 52.7 cm³/mol. The first-order valence-corrected chi connectivity index (χ1v) is 4.47. The van der Waals surface area contributed by atoms with Crippen LogP contribution in [0.3, 0.4) is 0 Å². The number of amides is 1. The second-order valence-corrected chi connectivity index (χ2v) is 3.16. The fourth-order valence-corrected chi connectivity index (χ4v) is 1.46. The zero-order valence-electron chi connectivity index (χ0n) is 8.36. The minimum absolute atomic E-state index is 0.215. The molecule has 0 bridgehead atoms. The van der Waals surface area contributed by atoms with Gasteiger partial charge in [0.2, 0.25) is 0 Å². The third-order valence-corrected chi connectivity index (χ3v) is 2.21. The SMILES string of the molecule is COC(=O)C1=c2cc(F)ccc2=C[N]C1=O. The lowest BCUT2D eigenvalue weighted by Gasteiger charge is -2.07. The number of hydrogen-bond acceptors (Lipinski definition) is 3. The first-order chi connectivity index (χ1) is 7.63. The van der Waals surface area contributed by atoms with Crippen molar-refractivity contribution in [2.75, 3.05) is 7.11 Å². The quantitative estimate of drug-likeness (QED) is 0.572. The molecule has 0 fully saturated rings. The zero-order valence-corrected chi connectivity index (χ0v) is 8.36. The lowest BCUT2D eigenvalue weighted by atomic mass is 10.1.